The number of alkyl halides is 3. The van der Waals surface area contributed by atoms with E-state index in [1.165, 1.54) is 36.7 Å². The van der Waals surface area contributed by atoms with Gasteiger partial charge in [-0.25, -0.2) is 4.98 Å². The van der Waals surface area contributed by atoms with Gasteiger partial charge in [0, 0.05) is 11.1 Å². The maximum Gasteiger partial charge on any atom is 0.416 e. The highest BCUT2D eigenvalue weighted by Crippen LogP contribution is 2.33. The first-order valence-corrected chi connectivity index (χ1v) is 8.17. The lowest BCUT2D eigenvalue weighted by molar-refractivity contribution is -0.138. The molecule has 8 heteroatoms. The van der Waals surface area contributed by atoms with Crippen molar-refractivity contribution >= 4 is 22.9 Å². The number of hydrogen-bond donors (Lipinski definition) is 1. The Kier molecular flexibility index (Phi) is 4.63. The van der Waals surface area contributed by atoms with Crippen LogP contribution >= 0.6 is 11.3 Å². The molecule has 4 nitrogen and oxygen atoms in total. The van der Waals surface area contributed by atoms with Crippen LogP contribution in [-0.4, -0.2) is 10.9 Å². The minimum atomic E-state index is -4.46. The number of aromatic nitrogens is 1. The number of nitrogens with zero attached hydrogens (tertiary/aromatic N) is 1. The molecule has 0 aliphatic rings. The highest BCUT2D eigenvalue weighted by atomic mass is 32.1. The van der Waals surface area contributed by atoms with Crippen molar-refractivity contribution in [2.24, 2.45) is 0 Å². The summed E-state index contributed by atoms with van der Waals surface area (Å²) >= 11 is 1.33. The molecule has 2 aromatic heterocycles. The van der Waals surface area contributed by atoms with Crippen LogP contribution in [0.25, 0.3) is 10.8 Å². The predicted octanol–water partition coefficient (Wildman–Crippen LogP) is 4.91. The molecule has 1 aromatic carbocycles. The summed E-state index contributed by atoms with van der Waals surface area (Å²) in [4.78, 5) is 16.4. The van der Waals surface area contributed by atoms with E-state index in [4.69, 9.17) is 4.42 Å². The van der Waals surface area contributed by atoms with E-state index >= 15 is 0 Å². The number of anilines is 1. The number of nitrogens with one attached hydrogen (secondary N) is 1. The van der Waals surface area contributed by atoms with E-state index in [2.05, 4.69) is 10.3 Å². The van der Waals surface area contributed by atoms with Crippen molar-refractivity contribution in [1.82, 2.24) is 4.98 Å². The SMILES string of the molecule is Cc1ccc(NC(=O)Cc2csc(-c3ccco3)n2)cc1C(F)(F)F. The number of halogens is 3. The van der Waals surface area contributed by atoms with Crippen molar-refractivity contribution in [2.45, 2.75) is 19.5 Å². The van der Waals surface area contributed by atoms with E-state index in [9.17, 15) is 18.0 Å². The molecule has 0 unspecified atom stereocenters. The van der Waals surface area contributed by atoms with Gasteiger partial charge in [0.1, 0.15) is 0 Å². The molecule has 0 atom stereocenters. The highest BCUT2D eigenvalue weighted by Gasteiger charge is 2.32. The fraction of sp³-hybridized carbons (Fsp3) is 0.176. The first kappa shape index (κ1) is 17.2. The fourth-order valence-electron chi connectivity index (χ4n) is 2.28. The second-order valence-electron chi connectivity index (χ2n) is 5.37. The van der Waals surface area contributed by atoms with Gasteiger partial charge in [-0.3, -0.25) is 4.79 Å². The quantitative estimate of drug-likeness (QED) is 0.714. The number of carbonyl (C=O) groups excluding carboxylic acids is 1. The predicted molar refractivity (Wildman–Crippen MR) is 88.3 cm³/mol. The van der Waals surface area contributed by atoms with Crippen molar-refractivity contribution in [3.05, 3.63) is 58.8 Å². The Labute approximate surface area is 145 Å². The third kappa shape index (κ3) is 4.08. The monoisotopic (exact) mass is 366 g/mol. The van der Waals surface area contributed by atoms with Crippen LogP contribution in [0.3, 0.4) is 0 Å². The van der Waals surface area contributed by atoms with Crippen LogP contribution in [0.2, 0.25) is 0 Å². The van der Waals surface area contributed by atoms with Crippen LogP contribution in [-0.2, 0) is 17.4 Å². The maximum absolute atomic E-state index is 12.9. The molecule has 0 saturated carbocycles. The second-order valence-corrected chi connectivity index (χ2v) is 6.23. The third-order valence-electron chi connectivity index (χ3n) is 3.45. The van der Waals surface area contributed by atoms with E-state index < -0.39 is 17.6 Å². The summed E-state index contributed by atoms with van der Waals surface area (Å²) < 4.78 is 44.0. The van der Waals surface area contributed by atoms with Gasteiger partial charge < -0.3 is 9.73 Å². The first-order valence-electron chi connectivity index (χ1n) is 7.29. The molecule has 3 aromatic rings. The number of benzene rings is 1. The summed E-state index contributed by atoms with van der Waals surface area (Å²) in [5.74, 6) is 0.165. The summed E-state index contributed by atoms with van der Waals surface area (Å²) in [6.07, 6.45) is -2.97. The fourth-order valence-corrected chi connectivity index (χ4v) is 3.06. The van der Waals surface area contributed by atoms with Gasteiger partial charge in [0.15, 0.2) is 10.8 Å². The molecular formula is C17H13F3N2O2S. The minimum absolute atomic E-state index is 0.0353. The number of carbonyl (C=O) groups is 1. The Bertz CT molecular complexity index is 886. The summed E-state index contributed by atoms with van der Waals surface area (Å²) in [5.41, 5.74) is -0.0337. The normalized spacial score (nSPS) is 11.5. The molecular weight excluding hydrogens is 353 g/mol. The van der Waals surface area contributed by atoms with Gasteiger partial charge in [-0.1, -0.05) is 6.07 Å². The van der Waals surface area contributed by atoms with Crippen LogP contribution < -0.4 is 5.32 Å². The van der Waals surface area contributed by atoms with Gasteiger partial charge in [0.25, 0.3) is 0 Å². The molecule has 25 heavy (non-hydrogen) atoms. The largest absolute Gasteiger partial charge is 0.462 e. The average molecular weight is 366 g/mol. The molecule has 0 spiro atoms. The lowest BCUT2D eigenvalue weighted by Crippen LogP contribution is -2.16. The molecule has 1 amide bonds. The zero-order valence-electron chi connectivity index (χ0n) is 13.1. The Balaban J connectivity index is 1.69. The Hall–Kier alpha value is -2.61. The van der Waals surface area contributed by atoms with Gasteiger partial charge in [-0.15, -0.1) is 11.3 Å². The molecule has 0 saturated heterocycles. The van der Waals surface area contributed by atoms with Gasteiger partial charge >= 0.3 is 6.18 Å². The van der Waals surface area contributed by atoms with Crippen LogP contribution in [0.5, 0.6) is 0 Å². The molecule has 1 N–H and O–H groups in total. The summed E-state index contributed by atoms with van der Waals surface area (Å²) in [6.45, 7) is 1.37. The Morgan fingerprint density at radius 2 is 2.12 bits per heavy atom. The molecule has 0 radical (unpaired) electrons. The van der Waals surface area contributed by atoms with E-state index in [1.807, 2.05) is 0 Å². The zero-order valence-corrected chi connectivity index (χ0v) is 13.9. The highest BCUT2D eigenvalue weighted by molar-refractivity contribution is 7.13. The standard InChI is InChI=1S/C17H13F3N2O2S/c1-10-4-5-11(7-13(10)17(18,19)20)21-15(23)8-12-9-25-16(22-12)14-3-2-6-24-14/h2-7,9H,8H2,1H3,(H,21,23). The second kappa shape index (κ2) is 6.72. The number of hydrogen-bond acceptors (Lipinski definition) is 4. The van der Waals surface area contributed by atoms with Gasteiger partial charge in [0.05, 0.1) is 23.9 Å². The number of aryl methyl sites for hydroxylation is 1. The zero-order chi connectivity index (χ0) is 18.0. The summed E-state index contributed by atoms with van der Waals surface area (Å²) in [6, 6.07) is 7.20. The number of rotatable bonds is 4. The van der Waals surface area contributed by atoms with Crippen molar-refractivity contribution in [3.8, 4) is 10.8 Å². The van der Waals surface area contributed by atoms with E-state index in [0.717, 1.165) is 6.07 Å². The van der Waals surface area contributed by atoms with Gasteiger partial charge in [-0.05, 0) is 36.8 Å². The van der Waals surface area contributed by atoms with Crippen molar-refractivity contribution in [2.75, 3.05) is 5.32 Å². The topological polar surface area (TPSA) is 55.1 Å². The molecule has 3 rings (SSSR count). The Morgan fingerprint density at radius 1 is 1.32 bits per heavy atom. The molecule has 0 fully saturated rings. The van der Waals surface area contributed by atoms with Crippen LogP contribution in [0.15, 0.2) is 46.4 Å². The van der Waals surface area contributed by atoms with E-state index in [1.54, 1.807) is 17.5 Å². The van der Waals surface area contributed by atoms with Crippen LogP contribution in [0, 0.1) is 6.92 Å². The summed E-state index contributed by atoms with van der Waals surface area (Å²) in [7, 11) is 0. The van der Waals surface area contributed by atoms with Crippen molar-refractivity contribution in [1.29, 1.82) is 0 Å². The van der Waals surface area contributed by atoms with Crippen molar-refractivity contribution in [3.63, 3.8) is 0 Å². The molecule has 0 aliphatic carbocycles. The average Bonchev–Trinajstić information content (AvgIpc) is 3.19. The van der Waals surface area contributed by atoms with Crippen molar-refractivity contribution < 1.29 is 22.4 Å². The number of thiazole rings is 1. The number of furan rings is 1. The van der Waals surface area contributed by atoms with Gasteiger partial charge in [0.2, 0.25) is 5.91 Å². The Morgan fingerprint density at radius 3 is 2.80 bits per heavy atom. The third-order valence-corrected chi connectivity index (χ3v) is 4.36. The number of amides is 1. The lowest BCUT2D eigenvalue weighted by atomic mass is 10.1. The van der Waals surface area contributed by atoms with Crippen LogP contribution in [0.4, 0.5) is 18.9 Å². The molecule has 130 valence electrons. The smallest absolute Gasteiger partial charge is 0.416 e. The van der Waals surface area contributed by atoms with Crippen LogP contribution in [0.1, 0.15) is 16.8 Å². The maximum atomic E-state index is 12.9. The van der Waals surface area contributed by atoms with E-state index in [0.29, 0.717) is 16.5 Å². The molecule has 2 heterocycles. The minimum Gasteiger partial charge on any atom is -0.462 e. The summed E-state index contributed by atoms with van der Waals surface area (Å²) in [5, 5.41) is 4.83. The first-order chi connectivity index (χ1) is 11.8. The van der Waals surface area contributed by atoms with E-state index in [-0.39, 0.29) is 17.7 Å². The molecule has 0 aliphatic heterocycles. The molecule has 0 bridgehead atoms. The van der Waals surface area contributed by atoms with Gasteiger partial charge in [-0.2, -0.15) is 13.2 Å². The lowest BCUT2D eigenvalue weighted by Gasteiger charge is -2.12.